The van der Waals surface area contributed by atoms with Gasteiger partial charge in [0.1, 0.15) is 0 Å². The van der Waals surface area contributed by atoms with Crippen LogP contribution in [0.2, 0.25) is 0 Å². The maximum atomic E-state index is 12.1. The molecule has 2 N–H and O–H groups in total. The van der Waals surface area contributed by atoms with Gasteiger partial charge in [-0.25, -0.2) is 0 Å². The maximum Gasteiger partial charge on any atom is 0.303 e. The van der Waals surface area contributed by atoms with Crippen molar-refractivity contribution in [1.82, 2.24) is 0 Å². The van der Waals surface area contributed by atoms with E-state index in [1.54, 1.807) is 0 Å². The van der Waals surface area contributed by atoms with Crippen LogP contribution in [0.3, 0.4) is 0 Å². The molecule has 0 saturated heterocycles. The fraction of sp³-hybridized carbons (Fsp3) is 0.833. The second kappa shape index (κ2) is 6.51. The Morgan fingerprint density at radius 3 is 2.66 bits per heavy atom. The maximum absolute atomic E-state index is 12.1. The molecule has 5 heteroatoms. The fourth-order valence-electron chi connectivity index (χ4n) is 9.28. The number of ketones is 1. The fourth-order valence-corrected chi connectivity index (χ4v) is 9.28. The van der Waals surface area contributed by atoms with Gasteiger partial charge in [0.25, 0.3) is 0 Å². The van der Waals surface area contributed by atoms with E-state index in [4.69, 9.17) is 0 Å². The number of hydrogen-bond donors (Lipinski definition) is 2. The van der Waals surface area contributed by atoms with Crippen LogP contribution in [-0.2, 0) is 9.59 Å². The molecule has 0 unspecified atom stereocenters. The molecule has 0 aromatic heterocycles. The van der Waals surface area contributed by atoms with Crippen LogP contribution in [0.5, 0.6) is 0 Å². The van der Waals surface area contributed by atoms with Crippen LogP contribution in [0.15, 0.2) is 11.6 Å². The minimum absolute atomic E-state index is 0. The summed E-state index contributed by atoms with van der Waals surface area (Å²) in [5.74, 6) is 3.58. The number of allylic oxidation sites excluding steroid dienone is 1. The summed E-state index contributed by atoms with van der Waals surface area (Å²) < 4.78 is 0. The zero-order valence-electron chi connectivity index (χ0n) is 18.0. The van der Waals surface area contributed by atoms with Crippen molar-refractivity contribution in [2.24, 2.45) is 52.3 Å². The van der Waals surface area contributed by atoms with Crippen molar-refractivity contribution in [3.63, 3.8) is 0 Å². The third-order valence-corrected chi connectivity index (χ3v) is 10.6. The molecule has 0 aromatic rings. The molecule has 6 aliphatic carbocycles. The van der Waals surface area contributed by atoms with Gasteiger partial charge in [0.15, 0.2) is 5.78 Å². The number of carboxylic acids is 1. The number of aliphatic carboxylic acids is 1. The van der Waals surface area contributed by atoms with Crippen LogP contribution in [0, 0.1) is 52.3 Å². The molecule has 0 aliphatic heterocycles. The molecule has 5 saturated carbocycles. The first-order chi connectivity index (χ1) is 13.2. The van der Waals surface area contributed by atoms with Crippen LogP contribution in [0.4, 0.5) is 0 Å². The molecule has 0 bridgehead atoms. The van der Waals surface area contributed by atoms with Gasteiger partial charge in [-0.2, -0.15) is 0 Å². The smallest absolute Gasteiger partial charge is 0.303 e. The topological polar surface area (TPSA) is 74.6 Å². The first-order valence-corrected chi connectivity index (χ1v) is 11.4. The van der Waals surface area contributed by atoms with Crippen LogP contribution in [-0.4, -0.2) is 79.0 Å². The standard InChI is InChI=1S/C24H32O4.K/c1-22-6-3-12(25)9-17(22)13-10-14(13)20-16(22)4-7-23(2)21(20)15-11-18(15)24(23,28)8-5-19(26)27;/h9,13-16,18,20-21,28H,3-8,10-11H2,1-2H3,(H,26,27);/t13-,14+,15-,16+,18+,20-,21+,22-,23+,24+;/m1./s1. The van der Waals surface area contributed by atoms with Crippen LogP contribution in [0.25, 0.3) is 0 Å². The summed E-state index contributed by atoms with van der Waals surface area (Å²) >= 11 is 0. The summed E-state index contributed by atoms with van der Waals surface area (Å²) in [4.78, 5) is 23.4. The SMILES string of the molecule is C[C@]12CCC(=O)C=C1[C@@H]1C[C@@H]1[C@H]1[C@@H]3[C@@H]4C[C@@H]4[C@@](O)(CCC(=O)O)[C@@]3(C)CC[C@@H]12.[K]. The quantitative estimate of drug-likeness (QED) is 0.682. The van der Waals surface area contributed by atoms with Crippen LogP contribution in [0.1, 0.15) is 65.2 Å². The number of aliphatic hydroxyl groups is 1. The minimum atomic E-state index is -0.796. The van der Waals surface area contributed by atoms with E-state index in [2.05, 4.69) is 13.8 Å². The Bertz CT molecular complexity index is 822. The summed E-state index contributed by atoms with van der Waals surface area (Å²) in [5, 5.41) is 21.1. The first-order valence-electron chi connectivity index (χ1n) is 11.4. The van der Waals surface area contributed by atoms with Crippen molar-refractivity contribution >= 4 is 63.1 Å². The Labute approximate surface area is 215 Å². The number of carboxylic acid groups (broad SMARTS) is 1. The van der Waals surface area contributed by atoms with Crippen molar-refractivity contribution in [3.05, 3.63) is 11.6 Å². The van der Waals surface area contributed by atoms with E-state index >= 15 is 0 Å². The number of carbonyl (C=O) groups excluding carboxylic acids is 1. The van der Waals surface area contributed by atoms with Gasteiger partial charge in [0.05, 0.1) is 5.60 Å². The van der Waals surface area contributed by atoms with Gasteiger partial charge in [-0.05, 0) is 96.9 Å². The average Bonchev–Trinajstić information content (AvgIpc) is 3.53. The normalized spacial score (nSPS) is 55.9. The Morgan fingerprint density at radius 2 is 1.93 bits per heavy atom. The molecular weight excluding hydrogens is 391 g/mol. The summed E-state index contributed by atoms with van der Waals surface area (Å²) in [6.07, 6.45) is 8.65. The van der Waals surface area contributed by atoms with Gasteiger partial charge in [-0.15, -0.1) is 0 Å². The van der Waals surface area contributed by atoms with E-state index in [1.165, 1.54) is 12.0 Å². The Balaban J connectivity index is 0.00000181. The van der Waals surface area contributed by atoms with Gasteiger partial charge in [-0.3, -0.25) is 9.59 Å². The average molecular weight is 424 g/mol. The third-order valence-electron chi connectivity index (χ3n) is 10.6. The van der Waals surface area contributed by atoms with E-state index < -0.39 is 11.6 Å². The number of rotatable bonds is 3. The zero-order chi connectivity index (χ0) is 19.6. The molecule has 0 heterocycles. The van der Waals surface area contributed by atoms with E-state index in [1.807, 2.05) is 6.08 Å². The molecule has 6 aliphatic rings. The zero-order valence-corrected chi connectivity index (χ0v) is 21.1. The number of hydrogen-bond acceptors (Lipinski definition) is 3. The molecule has 29 heavy (non-hydrogen) atoms. The van der Waals surface area contributed by atoms with E-state index in [9.17, 15) is 19.8 Å². The monoisotopic (exact) mass is 423 g/mol. The Hall–Kier alpha value is 0.476. The van der Waals surface area contributed by atoms with Crippen LogP contribution < -0.4 is 0 Å². The van der Waals surface area contributed by atoms with Crippen LogP contribution >= 0.6 is 0 Å². The molecule has 6 rings (SSSR count). The molecule has 5 fully saturated rings. The van der Waals surface area contributed by atoms with Gasteiger partial charge in [0.2, 0.25) is 0 Å². The number of carbonyl (C=O) groups is 2. The predicted octanol–water partition coefficient (Wildman–Crippen LogP) is 3.45. The third kappa shape index (κ3) is 2.61. The van der Waals surface area contributed by atoms with E-state index in [-0.39, 0.29) is 68.6 Å². The molecule has 153 valence electrons. The van der Waals surface area contributed by atoms with Crippen molar-refractivity contribution in [2.45, 2.75) is 70.8 Å². The summed E-state index contributed by atoms with van der Waals surface area (Å²) in [7, 11) is 0. The molecule has 10 atom stereocenters. The molecule has 0 spiro atoms. The van der Waals surface area contributed by atoms with E-state index in [0.29, 0.717) is 60.1 Å². The van der Waals surface area contributed by atoms with Gasteiger partial charge in [-0.1, -0.05) is 19.4 Å². The predicted molar refractivity (Wildman–Crippen MR) is 109 cm³/mol. The molecular formula is C24H32KO4. The van der Waals surface area contributed by atoms with Gasteiger partial charge < -0.3 is 10.2 Å². The van der Waals surface area contributed by atoms with Crippen molar-refractivity contribution in [3.8, 4) is 0 Å². The Morgan fingerprint density at radius 1 is 1.17 bits per heavy atom. The minimum Gasteiger partial charge on any atom is -0.481 e. The van der Waals surface area contributed by atoms with E-state index in [0.717, 1.165) is 25.7 Å². The van der Waals surface area contributed by atoms with Gasteiger partial charge in [0, 0.05) is 64.2 Å². The number of fused-ring (bicyclic) bond motifs is 10. The largest absolute Gasteiger partial charge is 0.481 e. The summed E-state index contributed by atoms with van der Waals surface area (Å²) in [6.45, 7) is 4.72. The molecule has 0 aromatic carbocycles. The molecule has 4 nitrogen and oxygen atoms in total. The van der Waals surface area contributed by atoms with Gasteiger partial charge >= 0.3 is 5.97 Å². The molecule has 0 amide bonds. The van der Waals surface area contributed by atoms with Crippen molar-refractivity contribution in [2.75, 3.05) is 0 Å². The van der Waals surface area contributed by atoms with Crippen molar-refractivity contribution in [1.29, 1.82) is 0 Å². The molecule has 1 radical (unpaired) electrons. The summed E-state index contributed by atoms with van der Waals surface area (Å²) in [5.41, 5.74) is 0.705. The first kappa shape index (κ1) is 21.3. The Kier molecular flexibility index (Phi) is 4.79. The van der Waals surface area contributed by atoms with Crippen molar-refractivity contribution < 1.29 is 19.8 Å². The second-order valence-corrected chi connectivity index (χ2v) is 11.5. The summed E-state index contributed by atoms with van der Waals surface area (Å²) in [6, 6.07) is 0. The second-order valence-electron chi connectivity index (χ2n) is 11.5.